The highest BCUT2D eigenvalue weighted by Gasteiger charge is 2.41. The van der Waals surface area contributed by atoms with Crippen LogP contribution < -0.4 is 0 Å². The third-order valence-corrected chi connectivity index (χ3v) is 12.5. The van der Waals surface area contributed by atoms with E-state index in [1.165, 1.54) is 0 Å². The fourth-order valence-corrected chi connectivity index (χ4v) is 9.85. The van der Waals surface area contributed by atoms with Gasteiger partial charge < -0.3 is 14.6 Å². The Morgan fingerprint density at radius 2 is 1.64 bits per heavy atom. The quantitative estimate of drug-likeness (QED) is 0.460. The fourth-order valence-electron chi connectivity index (χ4n) is 4.62. The highest BCUT2D eigenvalue weighted by atomic mass is 28.3. The molecule has 0 bridgehead atoms. The average molecular weight is 403 g/mol. The molecule has 1 N–H and O–H groups in total. The molecular weight excluding hydrogens is 364 g/mol. The van der Waals surface area contributed by atoms with E-state index in [2.05, 4.69) is 65.1 Å². The molecular formula is C24H38O3Si. The summed E-state index contributed by atoms with van der Waals surface area (Å²) in [7, 11) is -1.72. The Labute approximate surface area is 172 Å². The van der Waals surface area contributed by atoms with Crippen molar-refractivity contribution in [3.63, 3.8) is 0 Å². The van der Waals surface area contributed by atoms with Gasteiger partial charge in [0.2, 0.25) is 0 Å². The van der Waals surface area contributed by atoms with E-state index in [1.54, 1.807) is 0 Å². The number of aliphatic hydroxyl groups excluding tert-OH is 1. The summed E-state index contributed by atoms with van der Waals surface area (Å²) >= 11 is 0. The van der Waals surface area contributed by atoms with Gasteiger partial charge in [0.1, 0.15) is 14.2 Å². The lowest BCUT2D eigenvalue weighted by molar-refractivity contribution is -0.196. The monoisotopic (exact) mass is 402 g/mol. The first kappa shape index (κ1) is 23.2. The van der Waals surface area contributed by atoms with E-state index in [0.717, 1.165) is 37.0 Å². The number of rotatable bonds is 7. The van der Waals surface area contributed by atoms with Crippen molar-refractivity contribution in [2.24, 2.45) is 0 Å². The molecule has 2 rings (SSSR count). The van der Waals surface area contributed by atoms with Crippen LogP contribution in [0.1, 0.15) is 78.0 Å². The number of benzene rings is 1. The van der Waals surface area contributed by atoms with Crippen LogP contribution in [0.2, 0.25) is 16.6 Å². The van der Waals surface area contributed by atoms with Crippen molar-refractivity contribution in [3.8, 4) is 11.5 Å². The van der Waals surface area contributed by atoms with Crippen molar-refractivity contribution in [2.45, 2.75) is 89.8 Å². The lowest BCUT2D eigenvalue weighted by atomic mass is 10.1. The minimum atomic E-state index is -1.72. The van der Waals surface area contributed by atoms with Crippen molar-refractivity contribution in [3.05, 3.63) is 35.4 Å². The number of hydrogen-bond acceptors (Lipinski definition) is 3. The Morgan fingerprint density at radius 1 is 1.04 bits per heavy atom. The van der Waals surface area contributed by atoms with Gasteiger partial charge in [-0.3, -0.25) is 0 Å². The van der Waals surface area contributed by atoms with Crippen LogP contribution in [0.15, 0.2) is 24.3 Å². The first-order valence-corrected chi connectivity index (χ1v) is 13.1. The normalized spacial score (nSPS) is 19.0. The molecule has 0 spiro atoms. The molecule has 1 unspecified atom stereocenters. The lowest BCUT2D eigenvalue weighted by Crippen LogP contribution is -2.43. The molecule has 1 heterocycles. The maximum atomic E-state index is 9.77. The summed E-state index contributed by atoms with van der Waals surface area (Å²) in [6, 6.07) is 8.15. The smallest absolute Gasteiger partial charge is 0.158 e. The average Bonchev–Trinajstić information content (AvgIpc) is 2.67. The molecule has 1 aliphatic rings. The molecule has 4 heteroatoms. The Kier molecular flexibility index (Phi) is 8.76. The van der Waals surface area contributed by atoms with E-state index in [9.17, 15) is 5.11 Å². The second kappa shape index (κ2) is 10.6. The lowest BCUT2D eigenvalue weighted by Gasteiger charge is -2.38. The van der Waals surface area contributed by atoms with Gasteiger partial charge in [0.05, 0.1) is 6.61 Å². The van der Waals surface area contributed by atoms with Crippen LogP contribution >= 0.6 is 0 Å². The fraction of sp³-hybridized carbons (Fsp3) is 0.667. The predicted molar refractivity (Wildman–Crippen MR) is 119 cm³/mol. The summed E-state index contributed by atoms with van der Waals surface area (Å²) in [5, 5.41) is 9.77. The molecule has 1 fully saturated rings. The first-order valence-electron chi connectivity index (χ1n) is 10.8. The molecule has 3 nitrogen and oxygen atoms in total. The Morgan fingerprint density at radius 3 is 2.11 bits per heavy atom. The highest BCUT2D eigenvalue weighted by Crippen LogP contribution is 2.40. The van der Waals surface area contributed by atoms with Gasteiger partial charge in [0, 0.05) is 12.2 Å². The van der Waals surface area contributed by atoms with Gasteiger partial charge in [0.15, 0.2) is 6.29 Å². The number of aliphatic hydroxyl groups is 1. The predicted octanol–water partition coefficient (Wildman–Crippen LogP) is 5.83. The van der Waals surface area contributed by atoms with Crippen LogP contribution in [0, 0.1) is 11.5 Å². The Balaban J connectivity index is 2.16. The summed E-state index contributed by atoms with van der Waals surface area (Å²) < 4.78 is 11.6. The number of hydrogen-bond donors (Lipinski definition) is 1. The van der Waals surface area contributed by atoms with Crippen LogP contribution in [0.3, 0.4) is 0 Å². The van der Waals surface area contributed by atoms with Gasteiger partial charge in [-0.15, -0.1) is 5.54 Å². The molecule has 1 saturated heterocycles. The topological polar surface area (TPSA) is 38.7 Å². The second-order valence-corrected chi connectivity index (χ2v) is 14.5. The van der Waals surface area contributed by atoms with Crippen LogP contribution in [-0.4, -0.2) is 32.7 Å². The van der Waals surface area contributed by atoms with E-state index in [4.69, 9.17) is 9.47 Å². The van der Waals surface area contributed by atoms with E-state index < -0.39 is 8.07 Å². The van der Waals surface area contributed by atoms with Gasteiger partial charge >= 0.3 is 0 Å². The van der Waals surface area contributed by atoms with E-state index in [1.807, 2.05) is 12.1 Å². The zero-order chi connectivity index (χ0) is 20.7. The molecule has 156 valence electrons. The zero-order valence-electron chi connectivity index (χ0n) is 18.5. The summed E-state index contributed by atoms with van der Waals surface area (Å²) in [5.41, 5.74) is 7.65. The molecule has 0 saturated carbocycles. The van der Waals surface area contributed by atoms with Crippen LogP contribution in [-0.2, 0) is 9.47 Å². The standard InChI is InChI=1S/C24H38O3Si/c1-18(2)28(19(3)4,20(5)6)16-14-21-10-12-22(13-11-21)23(17-25)27-24-9-7-8-15-26-24/h10-13,18-20,23-25H,7-9,15,17H2,1-6H3/t23-,24?/m1/s1. The second-order valence-electron chi connectivity index (χ2n) is 8.87. The molecule has 1 aliphatic heterocycles. The zero-order valence-corrected chi connectivity index (χ0v) is 19.5. The summed E-state index contributed by atoms with van der Waals surface area (Å²) in [6.45, 7) is 14.7. The van der Waals surface area contributed by atoms with Gasteiger partial charge in [-0.05, 0) is 53.6 Å². The molecule has 1 aromatic rings. The van der Waals surface area contributed by atoms with Crippen molar-refractivity contribution >= 4 is 8.07 Å². The van der Waals surface area contributed by atoms with Gasteiger partial charge in [-0.1, -0.05) is 59.6 Å². The van der Waals surface area contributed by atoms with Gasteiger partial charge in [-0.25, -0.2) is 0 Å². The maximum Gasteiger partial charge on any atom is 0.158 e. The SMILES string of the molecule is CC(C)[Si](C#Cc1ccc([C@@H](CO)OC2CCCCO2)cc1)(C(C)C)C(C)C. The van der Waals surface area contributed by atoms with Gasteiger partial charge in [0.25, 0.3) is 0 Å². The van der Waals surface area contributed by atoms with Crippen LogP contribution in [0.4, 0.5) is 0 Å². The molecule has 28 heavy (non-hydrogen) atoms. The molecule has 0 aromatic heterocycles. The van der Waals surface area contributed by atoms with E-state index in [0.29, 0.717) is 16.6 Å². The van der Waals surface area contributed by atoms with Crippen LogP contribution in [0.25, 0.3) is 0 Å². The molecule has 1 aromatic carbocycles. The van der Waals surface area contributed by atoms with E-state index >= 15 is 0 Å². The highest BCUT2D eigenvalue weighted by molar-refractivity contribution is 6.90. The molecule has 0 aliphatic carbocycles. The number of ether oxygens (including phenoxy) is 2. The summed E-state index contributed by atoms with van der Waals surface area (Å²) in [5.74, 6) is 3.48. The van der Waals surface area contributed by atoms with Crippen molar-refractivity contribution in [2.75, 3.05) is 13.2 Å². The van der Waals surface area contributed by atoms with Crippen molar-refractivity contribution < 1.29 is 14.6 Å². The largest absolute Gasteiger partial charge is 0.393 e. The summed E-state index contributed by atoms with van der Waals surface area (Å²) in [6.07, 6.45) is 2.54. The minimum absolute atomic E-state index is 0.0467. The third kappa shape index (κ3) is 5.48. The molecule has 0 amide bonds. The Hall–Kier alpha value is -1.12. The van der Waals surface area contributed by atoms with Crippen molar-refractivity contribution in [1.82, 2.24) is 0 Å². The maximum absolute atomic E-state index is 9.77. The molecule has 2 atom stereocenters. The van der Waals surface area contributed by atoms with Gasteiger partial charge in [-0.2, -0.15) is 0 Å². The Bertz CT molecular complexity index is 627. The van der Waals surface area contributed by atoms with Crippen LogP contribution in [0.5, 0.6) is 0 Å². The van der Waals surface area contributed by atoms with Crippen molar-refractivity contribution in [1.29, 1.82) is 0 Å². The van der Waals surface area contributed by atoms with E-state index in [-0.39, 0.29) is 19.0 Å². The molecule has 0 radical (unpaired) electrons. The summed E-state index contributed by atoms with van der Waals surface area (Å²) in [4.78, 5) is 0. The first-order chi connectivity index (χ1) is 13.3. The minimum Gasteiger partial charge on any atom is -0.393 e. The third-order valence-electron chi connectivity index (χ3n) is 6.19.